The molecule has 0 aromatic rings. The lowest BCUT2D eigenvalue weighted by atomic mass is 10.1. The highest BCUT2D eigenvalue weighted by Gasteiger charge is 2.26. The molecule has 0 saturated carbocycles. The third kappa shape index (κ3) is 38.4. The smallest absolute Gasteiger partial charge is 0.463 e. The molecule has 0 aromatic carbocycles. The van der Waals surface area contributed by atoms with Crippen LogP contribution in [0.1, 0.15) is 233 Å². The summed E-state index contributed by atoms with van der Waals surface area (Å²) in [5.41, 5.74) is 0. The van der Waals surface area contributed by atoms with Gasteiger partial charge < -0.3 is 14.7 Å². The van der Waals surface area contributed by atoms with Gasteiger partial charge in [-0.1, -0.05) is 168 Å². The van der Waals surface area contributed by atoms with E-state index in [2.05, 4.69) is 25.7 Å². The Labute approximate surface area is 336 Å². The molecule has 9 heteroatoms. The zero-order valence-corrected chi connectivity index (χ0v) is 37.3. The normalized spacial score (nSPS) is 12.6. The van der Waals surface area contributed by atoms with Gasteiger partial charge in [-0.05, 0) is 71.4 Å². The van der Waals surface area contributed by atoms with Crippen LogP contribution in [0.3, 0.4) is 0 Å². The molecule has 1 N–H and O–H groups in total. The Morgan fingerprint density at radius 2 is 0.852 bits per heavy atom. The van der Waals surface area contributed by atoms with Crippen molar-refractivity contribution in [2.45, 2.75) is 239 Å². The first-order valence-electron chi connectivity index (χ1n) is 23.5. The van der Waals surface area contributed by atoms with Gasteiger partial charge >= 0.3 is 13.8 Å². The van der Waals surface area contributed by atoms with Gasteiger partial charge in [-0.15, -0.1) is 0 Å². The average Bonchev–Trinajstić information content (AvgIpc) is 3.15. The van der Waals surface area contributed by atoms with Gasteiger partial charge in [-0.2, -0.15) is 0 Å². The maximum Gasteiger partial charge on any atom is 0.474 e. The standard InChI is InChI=1S/C45H92NO7P/c1-5-8-11-14-21-28-35-44(4)53-45(48)36-29-22-20-24-31-38-46(39-40-47)37-30-23-18-17-19-27-34-43-52-54(49,50-41-32-25-15-12-9-6-2)51-42-33-26-16-13-10-7-3/h44,47H,5-43H2,1-4H3. The van der Waals surface area contributed by atoms with Crippen molar-refractivity contribution in [2.75, 3.05) is 46.1 Å². The second-order valence-corrected chi connectivity index (χ2v) is 17.6. The van der Waals surface area contributed by atoms with E-state index in [1.165, 1.54) is 109 Å². The topological polar surface area (TPSA) is 94.5 Å². The lowest BCUT2D eigenvalue weighted by molar-refractivity contribution is -0.148. The number of hydrogen-bond acceptors (Lipinski definition) is 8. The Kier molecular flexibility index (Phi) is 41.7. The minimum atomic E-state index is -3.50. The number of rotatable bonds is 45. The van der Waals surface area contributed by atoms with Crippen LogP contribution in [0.15, 0.2) is 0 Å². The number of phosphoric acid groups is 1. The highest BCUT2D eigenvalue weighted by molar-refractivity contribution is 7.48. The highest BCUT2D eigenvalue weighted by Crippen LogP contribution is 2.50. The number of unbranched alkanes of at least 4 members (excludes halogenated alkanes) is 25. The summed E-state index contributed by atoms with van der Waals surface area (Å²) >= 11 is 0. The van der Waals surface area contributed by atoms with Crippen molar-refractivity contribution in [1.29, 1.82) is 0 Å². The van der Waals surface area contributed by atoms with Gasteiger partial charge in [0.25, 0.3) is 0 Å². The number of nitrogens with zero attached hydrogens (tertiary/aromatic N) is 1. The molecule has 0 fully saturated rings. The SMILES string of the molecule is CCCCCCCCOP(=O)(OCCCCCCCC)OCCCCCCCCCN(CCO)CCCCCCCC(=O)OC(C)CCCCCCCC. The fourth-order valence-corrected chi connectivity index (χ4v) is 8.18. The zero-order chi connectivity index (χ0) is 39.6. The molecule has 0 spiro atoms. The van der Waals surface area contributed by atoms with Crippen molar-refractivity contribution in [2.24, 2.45) is 0 Å². The van der Waals surface area contributed by atoms with Crippen molar-refractivity contribution in [3.05, 3.63) is 0 Å². The van der Waals surface area contributed by atoms with E-state index in [1.54, 1.807) is 0 Å². The number of aliphatic hydroxyl groups is 1. The molecule has 0 aliphatic rings. The molecule has 1 atom stereocenters. The number of phosphoric ester groups is 1. The molecule has 0 heterocycles. The van der Waals surface area contributed by atoms with Gasteiger partial charge in [0.05, 0.1) is 32.5 Å². The first-order chi connectivity index (χ1) is 26.4. The van der Waals surface area contributed by atoms with Gasteiger partial charge in [-0.25, -0.2) is 4.57 Å². The maximum atomic E-state index is 13.3. The van der Waals surface area contributed by atoms with E-state index in [0.717, 1.165) is 110 Å². The monoisotopic (exact) mass is 790 g/mol. The molecule has 0 saturated heterocycles. The van der Waals surface area contributed by atoms with Crippen molar-refractivity contribution in [1.82, 2.24) is 4.90 Å². The molecule has 1 unspecified atom stereocenters. The first-order valence-corrected chi connectivity index (χ1v) is 24.9. The number of esters is 1. The van der Waals surface area contributed by atoms with Crippen LogP contribution in [0.4, 0.5) is 0 Å². The van der Waals surface area contributed by atoms with Crippen molar-refractivity contribution in [3.8, 4) is 0 Å². The summed E-state index contributed by atoms with van der Waals surface area (Å²) in [5.74, 6) is -0.0352. The Hall–Kier alpha value is -0.500. The van der Waals surface area contributed by atoms with Gasteiger partial charge in [0, 0.05) is 13.0 Å². The van der Waals surface area contributed by atoms with Crippen molar-refractivity contribution in [3.63, 3.8) is 0 Å². The third-order valence-corrected chi connectivity index (χ3v) is 11.9. The van der Waals surface area contributed by atoms with Gasteiger partial charge in [0.15, 0.2) is 0 Å². The fourth-order valence-electron chi connectivity index (χ4n) is 6.89. The predicted octanol–water partition coefficient (Wildman–Crippen LogP) is 13.9. The number of hydrogen-bond donors (Lipinski definition) is 1. The van der Waals surface area contributed by atoms with E-state index in [-0.39, 0.29) is 18.7 Å². The van der Waals surface area contributed by atoms with Gasteiger partial charge in [0.2, 0.25) is 0 Å². The highest BCUT2D eigenvalue weighted by atomic mass is 31.2. The van der Waals surface area contributed by atoms with E-state index in [4.69, 9.17) is 18.3 Å². The quantitative estimate of drug-likeness (QED) is 0.0370. The van der Waals surface area contributed by atoms with Crippen LogP contribution in [0, 0.1) is 0 Å². The third-order valence-electron chi connectivity index (χ3n) is 10.4. The van der Waals surface area contributed by atoms with E-state index in [9.17, 15) is 14.5 Å². The average molecular weight is 790 g/mol. The van der Waals surface area contributed by atoms with Crippen molar-refractivity contribution >= 4 is 13.8 Å². The summed E-state index contributed by atoms with van der Waals surface area (Å²) < 4.78 is 36.2. The van der Waals surface area contributed by atoms with Crippen LogP contribution in [-0.2, 0) is 27.7 Å². The Morgan fingerprint density at radius 1 is 0.500 bits per heavy atom. The summed E-state index contributed by atoms with van der Waals surface area (Å²) in [7, 11) is -3.50. The predicted molar refractivity (Wildman–Crippen MR) is 229 cm³/mol. The van der Waals surface area contributed by atoms with Crippen LogP contribution in [0.5, 0.6) is 0 Å². The number of aliphatic hydroxyl groups excluding tert-OH is 1. The van der Waals surface area contributed by atoms with Crippen LogP contribution in [-0.4, -0.2) is 68.1 Å². The maximum absolute atomic E-state index is 13.3. The molecule has 0 bridgehead atoms. The van der Waals surface area contributed by atoms with E-state index >= 15 is 0 Å². The molecule has 0 rings (SSSR count). The second kappa shape index (κ2) is 42.1. The molecular weight excluding hydrogens is 697 g/mol. The molecular formula is C45H92NO7P. The molecule has 0 aliphatic carbocycles. The summed E-state index contributed by atoms with van der Waals surface area (Å²) in [6.07, 6.45) is 36.4. The minimum absolute atomic E-state index is 0.0352. The molecule has 54 heavy (non-hydrogen) atoms. The van der Waals surface area contributed by atoms with Gasteiger partial charge in [0.1, 0.15) is 0 Å². The van der Waals surface area contributed by atoms with Crippen LogP contribution in [0.25, 0.3) is 0 Å². The molecule has 0 aromatic heterocycles. The molecule has 8 nitrogen and oxygen atoms in total. The molecule has 0 amide bonds. The second-order valence-electron chi connectivity index (χ2n) is 15.9. The zero-order valence-electron chi connectivity index (χ0n) is 36.4. The van der Waals surface area contributed by atoms with Crippen LogP contribution < -0.4 is 0 Å². The summed E-state index contributed by atoms with van der Waals surface area (Å²) in [6.45, 7) is 13.1. The lowest BCUT2D eigenvalue weighted by Gasteiger charge is -2.21. The Bertz CT molecular complexity index is 795. The molecule has 0 radical (unpaired) electrons. The van der Waals surface area contributed by atoms with E-state index < -0.39 is 7.82 Å². The number of carbonyl (C=O) groups is 1. The summed E-state index contributed by atoms with van der Waals surface area (Å²) in [4.78, 5) is 14.6. The first kappa shape index (κ1) is 53.5. The number of ether oxygens (including phenoxy) is 1. The Morgan fingerprint density at radius 3 is 1.26 bits per heavy atom. The largest absolute Gasteiger partial charge is 0.474 e. The van der Waals surface area contributed by atoms with Crippen LogP contribution >= 0.6 is 7.82 Å². The number of carbonyl (C=O) groups excluding carboxylic acids is 1. The van der Waals surface area contributed by atoms with E-state index in [1.807, 2.05) is 6.92 Å². The van der Waals surface area contributed by atoms with E-state index in [0.29, 0.717) is 26.2 Å². The van der Waals surface area contributed by atoms with Crippen LogP contribution in [0.2, 0.25) is 0 Å². The fraction of sp³-hybridized carbons (Fsp3) is 0.978. The molecule has 0 aliphatic heterocycles. The summed E-state index contributed by atoms with van der Waals surface area (Å²) in [6, 6.07) is 0. The Balaban J connectivity index is 3.99. The van der Waals surface area contributed by atoms with Gasteiger partial charge in [-0.3, -0.25) is 18.4 Å². The van der Waals surface area contributed by atoms with Crippen molar-refractivity contribution < 1.29 is 32.8 Å². The lowest BCUT2D eigenvalue weighted by Crippen LogP contribution is -2.29. The minimum Gasteiger partial charge on any atom is -0.463 e. The summed E-state index contributed by atoms with van der Waals surface area (Å²) in [5, 5.41) is 9.56. The molecule has 324 valence electrons.